The third-order valence-electron chi connectivity index (χ3n) is 2.75. The molecule has 2 aromatic heterocycles. The SMILES string of the molecule is CCn1c(SC)nnc1[C@H](N)Cc1cccnc1. The van der Waals surface area contributed by atoms with Crippen molar-refractivity contribution >= 4 is 11.8 Å². The fourth-order valence-electron chi connectivity index (χ4n) is 1.89. The summed E-state index contributed by atoms with van der Waals surface area (Å²) in [6, 6.07) is 3.79. The van der Waals surface area contributed by atoms with E-state index in [1.165, 1.54) is 0 Å². The summed E-state index contributed by atoms with van der Waals surface area (Å²) in [6.07, 6.45) is 6.31. The fraction of sp³-hybridized carbons (Fsp3) is 0.417. The van der Waals surface area contributed by atoms with Crippen molar-refractivity contribution in [3.8, 4) is 0 Å². The minimum absolute atomic E-state index is 0.150. The van der Waals surface area contributed by atoms with Crippen LogP contribution in [-0.2, 0) is 13.0 Å². The number of pyridine rings is 1. The fourth-order valence-corrected chi connectivity index (χ4v) is 2.45. The number of nitrogens with two attached hydrogens (primary N) is 1. The molecule has 0 spiro atoms. The lowest BCUT2D eigenvalue weighted by Crippen LogP contribution is -2.19. The maximum absolute atomic E-state index is 6.21. The van der Waals surface area contributed by atoms with Gasteiger partial charge in [-0.15, -0.1) is 10.2 Å². The van der Waals surface area contributed by atoms with Crippen molar-refractivity contribution in [2.45, 2.75) is 31.1 Å². The maximum atomic E-state index is 6.21. The Balaban J connectivity index is 2.18. The summed E-state index contributed by atoms with van der Waals surface area (Å²) >= 11 is 1.59. The minimum Gasteiger partial charge on any atom is -0.321 e. The van der Waals surface area contributed by atoms with Gasteiger partial charge >= 0.3 is 0 Å². The summed E-state index contributed by atoms with van der Waals surface area (Å²) in [4.78, 5) is 4.09. The summed E-state index contributed by atoms with van der Waals surface area (Å²) in [5.74, 6) is 0.839. The molecule has 0 fully saturated rings. The highest BCUT2D eigenvalue weighted by atomic mass is 32.2. The van der Waals surface area contributed by atoms with Gasteiger partial charge in [-0.2, -0.15) is 0 Å². The highest BCUT2D eigenvalue weighted by molar-refractivity contribution is 7.98. The molecule has 0 aliphatic rings. The molecule has 0 unspecified atom stereocenters. The number of aromatic nitrogens is 4. The highest BCUT2D eigenvalue weighted by Gasteiger charge is 2.17. The van der Waals surface area contributed by atoms with E-state index in [9.17, 15) is 0 Å². The van der Waals surface area contributed by atoms with E-state index in [4.69, 9.17) is 5.73 Å². The van der Waals surface area contributed by atoms with Crippen molar-refractivity contribution in [3.63, 3.8) is 0 Å². The van der Waals surface area contributed by atoms with Crippen LogP contribution < -0.4 is 5.73 Å². The first-order valence-electron chi connectivity index (χ1n) is 5.87. The van der Waals surface area contributed by atoms with Crippen molar-refractivity contribution in [2.75, 3.05) is 6.26 Å². The van der Waals surface area contributed by atoms with Gasteiger partial charge in [0.05, 0.1) is 6.04 Å². The third kappa shape index (κ3) is 2.70. The monoisotopic (exact) mass is 263 g/mol. The predicted octanol–water partition coefficient (Wildman–Crippen LogP) is 1.66. The van der Waals surface area contributed by atoms with Gasteiger partial charge in [-0.25, -0.2) is 0 Å². The Morgan fingerprint density at radius 3 is 2.89 bits per heavy atom. The van der Waals surface area contributed by atoms with E-state index in [0.29, 0.717) is 0 Å². The zero-order valence-corrected chi connectivity index (χ0v) is 11.4. The topological polar surface area (TPSA) is 69.6 Å². The molecule has 0 aliphatic heterocycles. The second-order valence-corrected chi connectivity index (χ2v) is 4.73. The molecule has 1 atom stereocenters. The van der Waals surface area contributed by atoms with Gasteiger partial charge in [-0.05, 0) is 31.2 Å². The van der Waals surface area contributed by atoms with Gasteiger partial charge in [-0.1, -0.05) is 17.8 Å². The van der Waals surface area contributed by atoms with E-state index < -0.39 is 0 Å². The minimum atomic E-state index is -0.150. The molecule has 5 nitrogen and oxygen atoms in total. The van der Waals surface area contributed by atoms with E-state index in [0.717, 1.165) is 29.5 Å². The first-order chi connectivity index (χ1) is 8.76. The number of thioether (sulfide) groups is 1. The number of nitrogens with zero attached hydrogens (tertiary/aromatic N) is 4. The molecule has 6 heteroatoms. The van der Waals surface area contributed by atoms with Crippen molar-refractivity contribution in [3.05, 3.63) is 35.9 Å². The van der Waals surface area contributed by atoms with Crippen LogP contribution >= 0.6 is 11.8 Å². The van der Waals surface area contributed by atoms with Crippen molar-refractivity contribution < 1.29 is 0 Å². The summed E-state index contributed by atoms with van der Waals surface area (Å²) in [7, 11) is 0. The van der Waals surface area contributed by atoms with Crippen LogP contribution in [0.25, 0.3) is 0 Å². The van der Waals surface area contributed by atoms with Crippen LogP contribution in [0.15, 0.2) is 29.7 Å². The van der Waals surface area contributed by atoms with Gasteiger partial charge in [0.15, 0.2) is 11.0 Å². The maximum Gasteiger partial charge on any atom is 0.190 e. The molecule has 2 heterocycles. The normalized spacial score (nSPS) is 12.6. The van der Waals surface area contributed by atoms with Crippen LogP contribution in [0.2, 0.25) is 0 Å². The van der Waals surface area contributed by atoms with Crippen LogP contribution in [-0.4, -0.2) is 26.0 Å². The van der Waals surface area contributed by atoms with E-state index in [1.54, 1.807) is 18.0 Å². The summed E-state index contributed by atoms with van der Waals surface area (Å²) in [5.41, 5.74) is 7.32. The van der Waals surface area contributed by atoms with Crippen LogP contribution in [0, 0.1) is 0 Å². The number of hydrogen-bond acceptors (Lipinski definition) is 5. The van der Waals surface area contributed by atoms with Gasteiger partial charge in [0.25, 0.3) is 0 Å². The molecule has 2 rings (SSSR count). The molecule has 96 valence electrons. The Kier molecular flexibility index (Phi) is 4.33. The predicted molar refractivity (Wildman–Crippen MR) is 72.3 cm³/mol. The second-order valence-electron chi connectivity index (χ2n) is 3.96. The molecule has 0 saturated heterocycles. The van der Waals surface area contributed by atoms with Crippen LogP contribution in [0.5, 0.6) is 0 Å². The van der Waals surface area contributed by atoms with Crippen LogP contribution in [0.4, 0.5) is 0 Å². The molecular weight excluding hydrogens is 246 g/mol. The van der Waals surface area contributed by atoms with E-state index >= 15 is 0 Å². The molecule has 0 radical (unpaired) electrons. The molecule has 2 N–H and O–H groups in total. The smallest absolute Gasteiger partial charge is 0.190 e. The van der Waals surface area contributed by atoms with Gasteiger partial charge in [-0.3, -0.25) is 4.98 Å². The van der Waals surface area contributed by atoms with E-state index in [-0.39, 0.29) is 6.04 Å². The summed E-state index contributed by atoms with van der Waals surface area (Å²) in [6.45, 7) is 2.91. The van der Waals surface area contributed by atoms with Gasteiger partial charge in [0.1, 0.15) is 0 Å². The van der Waals surface area contributed by atoms with Gasteiger partial charge in [0.2, 0.25) is 0 Å². The molecule has 18 heavy (non-hydrogen) atoms. The summed E-state index contributed by atoms with van der Waals surface area (Å²) < 4.78 is 2.06. The molecule has 0 bridgehead atoms. The molecule has 0 aliphatic carbocycles. The molecule has 2 aromatic rings. The standard InChI is InChI=1S/C12H17N5S/c1-3-17-11(15-16-12(17)18-2)10(13)7-9-5-4-6-14-8-9/h4-6,8,10H,3,7,13H2,1-2H3/t10-/m1/s1. The van der Waals surface area contributed by atoms with Crippen molar-refractivity contribution in [1.82, 2.24) is 19.7 Å². The second kappa shape index (κ2) is 5.97. The lowest BCUT2D eigenvalue weighted by Gasteiger charge is -2.12. The zero-order chi connectivity index (χ0) is 13.0. The summed E-state index contributed by atoms with van der Waals surface area (Å²) in [5, 5.41) is 9.26. The lowest BCUT2D eigenvalue weighted by molar-refractivity contribution is 0.575. The molecule has 0 amide bonds. The van der Waals surface area contributed by atoms with Crippen molar-refractivity contribution in [2.24, 2.45) is 5.73 Å². The zero-order valence-electron chi connectivity index (χ0n) is 10.6. The molecule has 0 aromatic carbocycles. The lowest BCUT2D eigenvalue weighted by atomic mass is 10.1. The quantitative estimate of drug-likeness (QED) is 0.831. The van der Waals surface area contributed by atoms with Crippen LogP contribution in [0.3, 0.4) is 0 Å². The third-order valence-corrected chi connectivity index (χ3v) is 3.42. The van der Waals surface area contributed by atoms with Crippen LogP contribution in [0.1, 0.15) is 24.4 Å². The largest absolute Gasteiger partial charge is 0.321 e. The Bertz CT molecular complexity index is 496. The Labute approximate surface area is 111 Å². The van der Waals surface area contributed by atoms with Crippen molar-refractivity contribution in [1.29, 1.82) is 0 Å². The molecule has 0 saturated carbocycles. The van der Waals surface area contributed by atoms with Gasteiger partial charge in [0, 0.05) is 18.9 Å². The number of hydrogen-bond donors (Lipinski definition) is 1. The average Bonchev–Trinajstić information content (AvgIpc) is 2.82. The molecular formula is C12H17N5S. The number of rotatable bonds is 5. The van der Waals surface area contributed by atoms with E-state index in [1.807, 2.05) is 24.6 Å². The highest BCUT2D eigenvalue weighted by Crippen LogP contribution is 2.19. The first-order valence-corrected chi connectivity index (χ1v) is 7.10. The van der Waals surface area contributed by atoms with E-state index in [2.05, 4.69) is 26.7 Å². The Morgan fingerprint density at radius 2 is 2.28 bits per heavy atom. The van der Waals surface area contributed by atoms with Gasteiger partial charge < -0.3 is 10.3 Å². The Morgan fingerprint density at radius 1 is 1.44 bits per heavy atom. The first kappa shape index (κ1) is 13.0. The average molecular weight is 263 g/mol. The Hall–Kier alpha value is -1.40.